The van der Waals surface area contributed by atoms with Crippen molar-refractivity contribution in [1.82, 2.24) is 0 Å². The second-order valence-electron chi connectivity index (χ2n) is 7.64. The molecule has 0 saturated carbocycles. The third kappa shape index (κ3) is 3.55. The first-order valence-corrected chi connectivity index (χ1v) is 8.80. The summed E-state index contributed by atoms with van der Waals surface area (Å²) in [6, 6.07) is 9.56. The molecule has 0 radical (unpaired) electrons. The molecule has 2 aromatic rings. The lowest BCUT2D eigenvalue weighted by atomic mass is 9.78. The normalized spacial score (nSPS) is 11.8. The van der Waals surface area contributed by atoms with Crippen molar-refractivity contribution in [2.24, 2.45) is 0 Å². The van der Waals surface area contributed by atoms with Gasteiger partial charge in [0.15, 0.2) is 0 Å². The van der Waals surface area contributed by atoms with Crippen molar-refractivity contribution < 1.29 is 15.0 Å². The number of phenols is 1. The number of carboxylic acid groups (broad SMARTS) is 1. The Kier molecular flexibility index (Phi) is 5.26. The van der Waals surface area contributed by atoms with Gasteiger partial charge in [-0.3, -0.25) is 0 Å². The lowest BCUT2D eigenvalue weighted by molar-refractivity contribution is 0.0697. The zero-order valence-electron chi connectivity index (χ0n) is 16.0. The second-order valence-corrected chi connectivity index (χ2v) is 7.64. The number of benzene rings is 2. The van der Waals surface area contributed by atoms with E-state index in [-0.39, 0.29) is 16.7 Å². The average molecular weight is 340 g/mol. The predicted octanol–water partition coefficient (Wildman–Crippen LogP) is 5.88. The number of hydrogen-bond acceptors (Lipinski definition) is 2. The fourth-order valence-electron chi connectivity index (χ4n) is 3.09. The van der Waals surface area contributed by atoms with Crippen molar-refractivity contribution in [3.63, 3.8) is 0 Å². The van der Waals surface area contributed by atoms with Gasteiger partial charge >= 0.3 is 5.97 Å². The van der Waals surface area contributed by atoms with E-state index in [9.17, 15) is 15.0 Å². The van der Waals surface area contributed by atoms with Crippen molar-refractivity contribution in [2.75, 3.05) is 0 Å². The molecule has 0 aliphatic rings. The molecular weight excluding hydrogens is 312 g/mol. The van der Waals surface area contributed by atoms with Gasteiger partial charge in [-0.1, -0.05) is 58.9 Å². The number of hydrogen-bond donors (Lipinski definition) is 2. The standard InChI is InChI=1S/C22H28O3/c1-7-22(5,6)18-12-17(21(24)25)19(14(4)20(18)23)16-10-8-15(9-11-16)13(2)3/h8-13,23H,7H2,1-6H3,(H,24,25). The molecule has 0 aromatic heterocycles. The van der Waals surface area contributed by atoms with Gasteiger partial charge < -0.3 is 10.2 Å². The van der Waals surface area contributed by atoms with E-state index in [2.05, 4.69) is 13.8 Å². The van der Waals surface area contributed by atoms with E-state index in [1.54, 1.807) is 13.0 Å². The summed E-state index contributed by atoms with van der Waals surface area (Å²) in [6.07, 6.45) is 0.807. The zero-order chi connectivity index (χ0) is 18.9. The van der Waals surface area contributed by atoms with E-state index >= 15 is 0 Å². The summed E-state index contributed by atoms with van der Waals surface area (Å²) >= 11 is 0. The van der Waals surface area contributed by atoms with Crippen molar-refractivity contribution in [1.29, 1.82) is 0 Å². The Bertz CT molecular complexity index is 784. The van der Waals surface area contributed by atoms with Crippen LogP contribution < -0.4 is 0 Å². The molecular formula is C22H28O3. The molecule has 3 nitrogen and oxygen atoms in total. The summed E-state index contributed by atoms with van der Waals surface area (Å²) in [5.41, 5.74) is 3.86. The van der Waals surface area contributed by atoms with Crippen LogP contribution in [0.2, 0.25) is 0 Å². The van der Waals surface area contributed by atoms with Crippen molar-refractivity contribution >= 4 is 5.97 Å². The molecule has 2 N–H and O–H groups in total. The van der Waals surface area contributed by atoms with Crippen LogP contribution in [-0.4, -0.2) is 16.2 Å². The van der Waals surface area contributed by atoms with Crippen LogP contribution in [0.1, 0.15) is 74.0 Å². The minimum absolute atomic E-state index is 0.194. The van der Waals surface area contributed by atoms with Crippen LogP contribution in [0.15, 0.2) is 30.3 Å². The predicted molar refractivity (Wildman–Crippen MR) is 103 cm³/mol. The number of carboxylic acids is 1. The van der Waals surface area contributed by atoms with E-state index in [0.717, 1.165) is 12.0 Å². The van der Waals surface area contributed by atoms with Crippen LogP contribution >= 0.6 is 0 Å². The Balaban J connectivity index is 2.73. The highest BCUT2D eigenvalue weighted by Gasteiger charge is 2.28. The molecule has 134 valence electrons. The van der Waals surface area contributed by atoms with Gasteiger partial charge in [0.2, 0.25) is 0 Å². The van der Waals surface area contributed by atoms with Crippen LogP contribution in [0.3, 0.4) is 0 Å². The Morgan fingerprint density at radius 3 is 2.16 bits per heavy atom. The van der Waals surface area contributed by atoms with Crippen molar-refractivity contribution in [2.45, 2.75) is 59.3 Å². The minimum atomic E-state index is -0.973. The molecule has 0 heterocycles. The lowest BCUT2D eigenvalue weighted by Gasteiger charge is -2.27. The van der Waals surface area contributed by atoms with Gasteiger partial charge in [-0.05, 0) is 47.4 Å². The molecule has 2 aromatic carbocycles. The quantitative estimate of drug-likeness (QED) is 0.715. The monoisotopic (exact) mass is 340 g/mol. The maximum absolute atomic E-state index is 11.9. The SMILES string of the molecule is CCC(C)(C)c1cc(C(=O)O)c(-c2ccc(C(C)C)cc2)c(C)c1O. The van der Waals surface area contributed by atoms with Crippen LogP contribution in [-0.2, 0) is 5.41 Å². The highest BCUT2D eigenvalue weighted by Crippen LogP contribution is 2.42. The van der Waals surface area contributed by atoms with E-state index in [1.807, 2.05) is 45.0 Å². The fourth-order valence-corrected chi connectivity index (χ4v) is 3.09. The summed E-state index contributed by atoms with van der Waals surface area (Å²) in [5.74, 6) is -0.366. The van der Waals surface area contributed by atoms with Gasteiger partial charge in [-0.15, -0.1) is 0 Å². The minimum Gasteiger partial charge on any atom is -0.507 e. The molecule has 0 fully saturated rings. The number of aromatic carboxylic acids is 1. The van der Waals surface area contributed by atoms with E-state index in [0.29, 0.717) is 22.6 Å². The maximum Gasteiger partial charge on any atom is 0.336 e. The van der Waals surface area contributed by atoms with Crippen molar-refractivity contribution in [3.05, 3.63) is 52.6 Å². The molecule has 0 bridgehead atoms. The lowest BCUT2D eigenvalue weighted by Crippen LogP contribution is -2.18. The Morgan fingerprint density at radius 1 is 1.16 bits per heavy atom. The summed E-state index contributed by atoms with van der Waals surface area (Å²) in [7, 11) is 0. The van der Waals surface area contributed by atoms with Gasteiger partial charge in [-0.25, -0.2) is 4.79 Å². The summed E-state index contributed by atoms with van der Waals surface area (Å²) < 4.78 is 0. The maximum atomic E-state index is 11.9. The Hall–Kier alpha value is -2.29. The highest BCUT2D eigenvalue weighted by atomic mass is 16.4. The summed E-state index contributed by atoms with van der Waals surface area (Å²) in [6.45, 7) is 12.1. The molecule has 0 saturated heterocycles. The highest BCUT2D eigenvalue weighted by molar-refractivity contribution is 5.98. The molecule has 0 aliphatic heterocycles. The van der Waals surface area contributed by atoms with Gasteiger partial charge in [0.1, 0.15) is 5.75 Å². The van der Waals surface area contributed by atoms with Crippen LogP contribution in [0, 0.1) is 6.92 Å². The molecule has 0 aliphatic carbocycles. The van der Waals surface area contributed by atoms with Crippen LogP contribution in [0.25, 0.3) is 11.1 Å². The number of phenolic OH excluding ortho intramolecular Hbond substituents is 1. The summed E-state index contributed by atoms with van der Waals surface area (Å²) in [5, 5.41) is 20.5. The molecule has 25 heavy (non-hydrogen) atoms. The van der Waals surface area contributed by atoms with E-state index in [1.165, 1.54) is 5.56 Å². The van der Waals surface area contributed by atoms with Gasteiger partial charge in [0.25, 0.3) is 0 Å². The first-order valence-electron chi connectivity index (χ1n) is 8.80. The number of rotatable bonds is 5. The van der Waals surface area contributed by atoms with Gasteiger partial charge in [-0.2, -0.15) is 0 Å². The smallest absolute Gasteiger partial charge is 0.336 e. The zero-order valence-corrected chi connectivity index (χ0v) is 16.0. The Labute approximate surface area is 150 Å². The first-order chi connectivity index (χ1) is 11.6. The van der Waals surface area contributed by atoms with E-state index in [4.69, 9.17) is 0 Å². The third-order valence-electron chi connectivity index (χ3n) is 5.25. The molecule has 0 unspecified atom stereocenters. The van der Waals surface area contributed by atoms with Crippen LogP contribution in [0.4, 0.5) is 0 Å². The number of aromatic hydroxyl groups is 1. The second kappa shape index (κ2) is 6.91. The Morgan fingerprint density at radius 2 is 1.72 bits per heavy atom. The van der Waals surface area contributed by atoms with Gasteiger partial charge in [0.05, 0.1) is 5.56 Å². The van der Waals surface area contributed by atoms with Crippen molar-refractivity contribution in [3.8, 4) is 16.9 Å². The molecule has 0 atom stereocenters. The summed E-state index contributed by atoms with van der Waals surface area (Å²) in [4.78, 5) is 11.9. The fraction of sp³-hybridized carbons (Fsp3) is 0.409. The largest absolute Gasteiger partial charge is 0.507 e. The third-order valence-corrected chi connectivity index (χ3v) is 5.25. The average Bonchev–Trinajstić information content (AvgIpc) is 2.56. The molecule has 3 heteroatoms. The topological polar surface area (TPSA) is 57.5 Å². The molecule has 0 amide bonds. The van der Waals surface area contributed by atoms with Crippen LogP contribution in [0.5, 0.6) is 5.75 Å². The molecule has 0 spiro atoms. The first kappa shape index (κ1) is 19.0. The van der Waals surface area contributed by atoms with E-state index < -0.39 is 5.97 Å². The van der Waals surface area contributed by atoms with Gasteiger partial charge in [0, 0.05) is 11.1 Å². The number of carbonyl (C=O) groups is 1. The molecule has 2 rings (SSSR count).